The van der Waals surface area contributed by atoms with Crippen molar-refractivity contribution in [1.82, 2.24) is 0 Å². The van der Waals surface area contributed by atoms with E-state index in [9.17, 15) is 132 Å². The van der Waals surface area contributed by atoms with Crippen molar-refractivity contribution < 1.29 is 198 Å². The van der Waals surface area contributed by atoms with Crippen molar-refractivity contribution in [2.45, 2.75) is 329 Å². The van der Waals surface area contributed by atoms with E-state index in [2.05, 4.69) is 0 Å². The second-order valence-electron chi connectivity index (χ2n) is 31.6. The van der Waals surface area contributed by atoms with Crippen LogP contribution in [-0.2, 0) is 80.7 Å². The number of hydrogen-bond acceptors (Lipinski definition) is 40. The van der Waals surface area contributed by atoms with E-state index in [-0.39, 0.29) is 88.9 Å². The molecule has 0 spiro atoms. The fourth-order valence-corrected chi connectivity index (χ4v) is 17.0. The molecule has 640 valence electrons. The molecule has 40 heteroatoms. The predicted molar refractivity (Wildman–Crippen MR) is 364 cm³/mol. The molecule has 11 fully saturated rings. The lowest BCUT2D eigenvalue weighted by atomic mass is 9.72. The number of fused-ring (bicyclic) bond motifs is 1. The normalized spacial score (nSPS) is 49.3. The highest BCUT2D eigenvalue weighted by molar-refractivity contribution is 5.82. The van der Waals surface area contributed by atoms with E-state index in [0.717, 1.165) is 18.2 Å². The molecule has 40 nitrogen and oxygen atoms in total. The first kappa shape index (κ1) is 89.1. The van der Waals surface area contributed by atoms with E-state index in [1.54, 1.807) is 0 Å². The van der Waals surface area contributed by atoms with E-state index in [1.807, 2.05) is 0 Å². The van der Waals surface area contributed by atoms with Crippen molar-refractivity contribution >= 4 is 17.9 Å². The summed E-state index contributed by atoms with van der Waals surface area (Å²) < 4.78 is 81.9. The fourth-order valence-electron chi connectivity index (χ4n) is 17.0. The minimum Gasteiger partial charge on any atom is -0.460 e. The maximum absolute atomic E-state index is 13.2. The van der Waals surface area contributed by atoms with Gasteiger partial charge in [-0.25, -0.2) is 14.4 Å². The first-order valence-electron chi connectivity index (χ1n) is 38.6. The molecule has 18 unspecified atom stereocenters. The third-order valence-corrected chi connectivity index (χ3v) is 23.8. The summed E-state index contributed by atoms with van der Waals surface area (Å²) in [6, 6.07) is 0. The van der Waals surface area contributed by atoms with Gasteiger partial charge >= 0.3 is 17.9 Å². The molecule has 6 saturated heterocycles. The Hall–Kier alpha value is -3.73. The van der Waals surface area contributed by atoms with Crippen LogP contribution in [0.25, 0.3) is 0 Å². The minimum absolute atomic E-state index is 0.00118. The summed E-state index contributed by atoms with van der Waals surface area (Å²) in [4.78, 5) is 38.8. The number of carbonyl (C=O) groups excluding carboxylic acids is 3. The summed E-state index contributed by atoms with van der Waals surface area (Å²) in [6.07, 6.45) is -46.4. The number of aliphatic hydroxyl groups is 23. The van der Waals surface area contributed by atoms with E-state index < -0.39 is 302 Å². The lowest BCUT2D eigenvalue weighted by molar-refractivity contribution is -0.341. The van der Waals surface area contributed by atoms with Gasteiger partial charge < -0.3 is 184 Å². The van der Waals surface area contributed by atoms with Crippen LogP contribution in [0.3, 0.4) is 0 Å². The second kappa shape index (κ2) is 39.9. The summed E-state index contributed by atoms with van der Waals surface area (Å²) >= 11 is 0. The number of rotatable bonds is 25. The van der Waals surface area contributed by atoms with Gasteiger partial charge in [-0.1, -0.05) is 18.2 Å². The van der Waals surface area contributed by atoms with Crippen molar-refractivity contribution in [2.75, 3.05) is 33.0 Å². The zero-order chi connectivity index (χ0) is 80.8. The van der Waals surface area contributed by atoms with Gasteiger partial charge in [0.1, 0.15) is 142 Å². The summed E-state index contributed by atoms with van der Waals surface area (Å²) in [5.74, 6) is -5.18. The van der Waals surface area contributed by atoms with Gasteiger partial charge in [0.2, 0.25) is 0 Å². The van der Waals surface area contributed by atoms with Crippen LogP contribution in [0.5, 0.6) is 0 Å². The Morgan fingerprint density at radius 1 is 0.295 bits per heavy atom. The summed E-state index contributed by atoms with van der Waals surface area (Å²) in [7, 11) is 0. The molecular formula is C72H112O40. The highest BCUT2D eigenvalue weighted by atomic mass is 16.8. The molecule has 23 N–H and O–H groups in total. The smallest absolute Gasteiger partial charge is 0.330 e. The van der Waals surface area contributed by atoms with Crippen LogP contribution in [-0.4, -0.2) is 401 Å². The van der Waals surface area contributed by atoms with Gasteiger partial charge in [0.05, 0.1) is 92.6 Å². The van der Waals surface area contributed by atoms with Gasteiger partial charge in [-0.05, 0) is 107 Å². The zero-order valence-electron chi connectivity index (χ0n) is 61.2. The number of allylic oxidation sites excluding steroid dienone is 3. The Balaban J connectivity index is 0.650. The summed E-state index contributed by atoms with van der Waals surface area (Å²) in [6.45, 7) is -3.40. The Morgan fingerprint density at radius 2 is 0.643 bits per heavy atom. The fraction of sp³-hybridized carbons (Fsp3) is 0.875. The third kappa shape index (κ3) is 21.5. The van der Waals surface area contributed by atoms with Crippen LogP contribution >= 0.6 is 0 Å². The Bertz CT molecular complexity index is 3060. The molecular weight excluding hydrogens is 1500 g/mol. The molecule has 0 aromatic carbocycles. The average Bonchev–Trinajstić information content (AvgIpc) is 0.764. The van der Waals surface area contributed by atoms with E-state index in [0.29, 0.717) is 19.3 Å². The van der Waals surface area contributed by atoms with E-state index >= 15 is 0 Å². The Kier molecular flexibility index (Phi) is 31.7. The molecule has 0 aromatic heterocycles. The molecule has 5 saturated carbocycles. The van der Waals surface area contributed by atoms with Crippen molar-refractivity contribution in [3.05, 3.63) is 36.5 Å². The van der Waals surface area contributed by atoms with Crippen LogP contribution in [0.4, 0.5) is 0 Å². The average molecular weight is 1620 g/mol. The number of ether oxygens (including phenoxy) is 14. The number of aliphatic hydroxyl groups excluding tert-OH is 23. The molecule has 0 radical (unpaired) electrons. The number of hydrogen-bond donors (Lipinski definition) is 23. The van der Waals surface area contributed by atoms with Crippen molar-refractivity contribution in [1.29, 1.82) is 0 Å². The largest absolute Gasteiger partial charge is 0.460 e. The van der Waals surface area contributed by atoms with Gasteiger partial charge in [-0.3, -0.25) is 0 Å². The molecule has 0 aromatic rings. The first-order valence-corrected chi connectivity index (χ1v) is 38.6. The molecule has 0 bridgehead atoms. The molecule has 6 aliphatic heterocycles. The quantitative estimate of drug-likeness (QED) is 0.0229. The standard InChI is InChI=1S/C72H112O40/c73-22-44-52(84)57(89)63(95)69(108-44)104-39-10-2-28(16-37(39)79)5-13-50(82)100-25-47-55(87)60(92)65(97)70(111-47)105-40-11-3-29(17-38(40)80)6-14-51(83)101-26-48-56(88)61(93)66(98)71(112-48)106-42-18-30(7-9-34(42)76)67-43(107-72-64(96)58(90)53(85)45(23-74)109-72)21-32-35(77)19-31(20-41(32)103-67)102-68-62(94)59(91)54(86)46(110-68)24-99-49(81)12-4-27-1-8-33(75)36(78)15-27/h4-6,12-14,27-48,52-80,84-98H,1-3,7-11,15-26H2/t27?,28?,29?,30?,31?,32?,33?,34?,35?,36?,37?,38?,39?,40?,41?,42?,43?,44-,45-,46-,47-,48-,52-,53-,54-,55-,56-,57+,58+,59+,60+,61+,62-,63-,64-,65-,66-,67?,68-,69-,70-,71-,72-/m1/s1. The highest BCUT2D eigenvalue weighted by Crippen LogP contribution is 2.46. The topological polar surface area (TPSA) is 646 Å². The zero-order valence-corrected chi connectivity index (χ0v) is 61.2. The van der Waals surface area contributed by atoms with Gasteiger partial charge in [0.25, 0.3) is 0 Å². The Morgan fingerprint density at radius 3 is 1.04 bits per heavy atom. The van der Waals surface area contributed by atoms with Gasteiger partial charge in [0, 0.05) is 37.0 Å². The van der Waals surface area contributed by atoms with Gasteiger partial charge in [0.15, 0.2) is 31.5 Å². The first-order chi connectivity index (χ1) is 53.3. The summed E-state index contributed by atoms with van der Waals surface area (Å²) in [5.41, 5.74) is 0. The molecule has 6 heterocycles. The van der Waals surface area contributed by atoms with Crippen LogP contribution in [0, 0.1) is 29.6 Å². The maximum atomic E-state index is 13.2. The predicted octanol–water partition coefficient (Wildman–Crippen LogP) is -9.83. The molecule has 112 heavy (non-hydrogen) atoms. The monoisotopic (exact) mass is 1620 g/mol. The lowest BCUT2D eigenvalue weighted by Crippen LogP contribution is -2.63. The van der Waals surface area contributed by atoms with Crippen molar-refractivity contribution in [3.63, 3.8) is 0 Å². The summed E-state index contributed by atoms with van der Waals surface area (Å²) in [5, 5.41) is 247. The third-order valence-electron chi connectivity index (χ3n) is 23.8. The van der Waals surface area contributed by atoms with Crippen LogP contribution in [0.15, 0.2) is 36.5 Å². The maximum Gasteiger partial charge on any atom is 0.330 e. The van der Waals surface area contributed by atoms with Crippen molar-refractivity contribution in [3.8, 4) is 0 Å². The van der Waals surface area contributed by atoms with Crippen LogP contribution in [0.2, 0.25) is 0 Å². The van der Waals surface area contributed by atoms with E-state index in [4.69, 9.17) is 66.3 Å². The lowest BCUT2D eigenvalue weighted by Gasteiger charge is -2.52. The SMILES string of the molecule is O=C(C=CC1CCC(O)C(O)C1)OC[C@H]1O[C@@H](OC2CC(O)C3CC(O[C@@H]4O[C@H](CO)[C@@H](O)[C@H](O)[C@H]4O)C(C4CCC(O)C(O[C@@H]5O[C@H](COC(=O)C=CC6CCC(O[C@@H]7O[C@H](COC(=O)C=CC8CCC(O[C@@H]9O[C@H](CO)[C@@H](O)[C@H](O)[C@H]9O)C(O)C8)[C@@H](O)[C@H](O)[C@H]7O)C(O)C6)[C@@H](O)[C@H](O)[C@H]5O)C4)OC3C2)[C@H](O)[C@@H](O)[C@@H]1O. The molecule has 0 amide bonds. The van der Waals surface area contributed by atoms with Crippen molar-refractivity contribution in [2.24, 2.45) is 29.6 Å². The molecule has 11 aliphatic rings. The number of esters is 3. The highest BCUT2D eigenvalue weighted by Gasteiger charge is 2.56. The molecule has 11 rings (SSSR count). The molecule has 43 atom stereocenters. The minimum atomic E-state index is -1.96. The van der Waals surface area contributed by atoms with Crippen LogP contribution < -0.4 is 0 Å². The van der Waals surface area contributed by atoms with Crippen LogP contribution in [0.1, 0.15) is 96.3 Å². The second-order valence-corrected chi connectivity index (χ2v) is 31.6. The van der Waals surface area contributed by atoms with Gasteiger partial charge in [-0.15, -0.1) is 0 Å². The van der Waals surface area contributed by atoms with Gasteiger partial charge in [-0.2, -0.15) is 0 Å². The molecule has 5 aliphatic carbocycles. The van der Waals surface area contributed by atoms with E-state index in [1.165, 1.54) is 18.2 Å². The Labute approximate surface area is 642 Å². The number of carbonyl (C=O) groups is 3.